The molecule has 0 unspecified atom stereocenters. The Bertz CT molecular complexity index is 379. The Morgan fingerprint density at radius 1 is 1.32 bits per heavy atom. The van der Waals surface area contributed by atoms with E-state index in [9.17, 15) is 5.11 Å². The predicted molar refractivity (Wildman–Crippen MR) is 77.5 cm³/mol. The summed E-state index contributed by atoms with van der Waals surface area (Å²) in [6.07, 6.45) is 7.87. The lowest BCUT2D eigenvalue weighted by Gasteiger charge is -2.34. The van der Waals surface area contributed by atoms with E-state index in [1.165, 1.54) is 32.1 Å². The highest BCUT2D eigenvalue weighted by Gasteiger charge is 2.22. The van der Waals surface area contributed by atoms with Crippen LogP contribution in [0.5, 0.6) is 0 Å². The van der Waals surface area contributed by atoms with Crippen LogP contribution in [0, 0.1) is 0 Å². The Balaban J connectivity index is 2.14. The lowest BCUT2D eigenvalue weighted by atomic mass is 9.94. The third-order valence-corrected chi connectivity index (χ3v) is 3.66. The second-order valence-electron chi connectivity index (χ2n) is 5.00. The Labute approximate surface area is 115 Å². The molecule has 106 valence electrons. The molecule has 0 aliphatic heterocycles. The zero-order valence-electron chi connectivity index (χ0n) is 11.7. The van der Waals surface area contributed by atoms with Crippen LogP contribution in [0.3, 0.4) is 0 Å². The molecule has 0 bridgehead atoms. The van der Waals surface area contributed by atoms with Crippen molar-refractivity contribution in [2.45, 2.75) is 45.1 Å². The molecule has 0 saturated heterocycles. The molecule has 1 saturated carbocycles. The van der Waals surface area contributed by atoms with E-state index in [4.69, 9.17) is 0 Å². The van der Waals surface area contributed by atoms with Crippen LogP contribution >= 0.6 is 0 Å². The maximum atomic E-state index is 9.30. The number of nitrogens with one attached hydrogen (secondary N) is 1. The normalized spacial score (nSPS) is 16.3. The molecular formula is C14H24N4O. The van der Waals surface area contributed by atoms with Gasteiger partial charge in [0, 0.05) is 25.2 Å². The van der Waals surface area contributed by atoms with Gasteiger partial charge in [-0.05, 0) is 19.8 Å². The molecule has 0 aromatic carbocycles. The summed E-state index contributed by atoms with van der Waals surface area (Å²) in [5, 5.41) is 12.5. The van der Waals surface area contributed by atoms with E-state index >= 15 is 0 Å². The van der Waals surface area contributed by atoms with Gasteiger partial charge in [0.25, 0.3) is 0 Å². The standard InChI is InChI=1S/C14H24N4O/c1-2-15-13-10-14(17-11-16-13)18(8-9-19)12-6-4-3-5-7-12/h10-12,19H,2-9H2,1H3,(H,15,16,17). The van der Waals surface area contributed by atoms with Gasteiger partial charge in [-0.3, -0.25) is 0 Å². The van der Waals surface area contributed by atoms with Crippen molar-refractivity contribution in [2.75, 3.05) is 29.9 Å². The summed E-state index contributed by atoms with van der Waals surface area (Å²) in [4.78, 5) is 10.8. The van der Waals surface area contributed by atoms with Crippen molar-refractivity contribution in [3.8, 4) is 0 Å². The number of aliphatic hydroxyl groups is 1. The molecule has 19 heavy (non-hydrogen) atoms. The van der Waals surface area contributed by atoms with E-state index in [0.29, 0.717) is 12.6 Å². The molecule has 1 aliphatic rings. The molecule has 1 heterocycles. The van der Waals surface area contributed by atoms with E-state index in [-0.39, 0.29) is 6.61 Å². The maximum absolute atomic E-state index is 9.30. The van der Waals surface area contributed by atoms with E-state index in [1.807, 2.05) is 6.07 Å². The highest BCUT2D eigenvalue weighted by atomic mass is 16.3. The molecule has 1 aliphatic carbocycles. The molecule has 0 radical (unpaired) electrons. The molecule has 1 aromatic heterocycles. The van der Waals surface area contributed by atoms with Gasteiger partial charge in [-0.25, -0.2) is 9.97 Å². The van der Waals surface area contributed by atoms with E-state index in [1.54, 1.807) is 6.33 Å². The van der Waals surface area contributed by atoms with Gasteiger partial charge in [0.15, 0.2) is 0 Å². The third-order valence-electron chi connectivity index (χ3n) is 3.66. The van der Waals surface area contributed by atoms with Gasteiger partial charge < -0.3 is 15.3 Å². The summed E-state index contributed by atoms with van der Waals surface area (Å²) < 4.78 is 0. The molecule has 2 rings (SSSR count). The number of hydrogen-bond donors (Lipinski definition) is 2. The summed E-state index contributed by atoms with van der Waals surface area (Å²) in [6.45, 7) is 3.71. The van der Waals surface area contributed by atoms with Crippen molar-refractivity contribution in [3.05, 3.63) is 12.4 Å². The fourth-order valence-corrected chi connectivity index (χ4v) is 2.77. The fraction of sp³-hybridized carbons (Fsp3) is 0.714. The van der Waals surface area contributed by atoms with Crippen LogP contribution in [0.1, 0.15) is 39.0 Å². The van der Waals surface area contributed by atoms with Gasteiger partial charge in [0.2, 0.25) is 0 Å². The van der Waals surface area contributed by atoms with Gasteiger partial charge in [-0.15, -0.1) is 0 Å². The summed E-state index contributed by atoms with van der Waals surface area (Å²) in [6, 6.07) is 2.48. The molecule has 2 N–H and O–H groups in total. The molecule has 0 spiro atoms. The number of rotatable bonds is 6. The summed E-state index contributed by atoms with van der Waals surface area (Å²) in [5.41, 5.74) is 0. The summed E-state index contributed by atoms with van der Waals surface area (Å²) in [5.74, 6) is 1.78. The SMILES string of the molecule is CCNc1cc(N(CCO)C2CCCCC2)ncn1. The number of aliphatic hydroxyl groups excluding tert-OH is 1. The van der Waals surface area contributed by atoms with Crippen molar-refractivity contribution >= 4 is 11.6 Å². The molecule has 0 atom stereocenters. The molecule has 5 heteroatoms. The van der Waals surface area contributed by atoms with Crippen molar-refractivity contribution in [1.29, 1.82) is 0 Å². The zero-order valence-corrected chi connectivity index (χ0v) is 11.7. The van der Waals surface area contributed by atoms with Crippen LogP contribution < -0.4 is 10.2 Å². The van der Waals surface area contributed by atoms with E-state index in [0.717, 1.165) is 18.2 Å². The minimum absolute atomic E-state index is 0.164. The third kappa shape index (κ3) is 3.80. The smallest absolute Gasteiger partial charge is 0.134 e. The van der Waals surface area contributed by atoms with Crippen molar-refractivity contribution in [2.24, 2.45) is 0 Å². The lowest BCUT2D eigenvalue weighted by Crippen LogP contribution is -2.39. The van der Waals surface area contributed by atoms with Crippen molar-refractivity contribution < 1.29 is 5.11 Å². The van der Waals surface area contributed by atoms with E-state index in [2.05, 4.69) is 27.1 Å². The minimum Gasteiger partial charge on any atom is -0.395 e. The summed E-state index contributed by atoms with van der Waals surface area (Å²) in [7, 11) is 0. The minimum atomic E-state index is 0.164. The molecule has 0 amide bonds. The quantitative estimate of drug-likeness (QED) is 0.823. The maximum Gasteiger partial charge on any atom is 0.134 e. The van der Waals surface area contributed by atoms with Crippen LogP contribution in [-0.2, 0) is 0 Å². The van der Waals surface area contributed by atoms with Crippen LogP contribution in [0.4, 0.5) is 11.6 Å². The highest BCUT2D eigenvalue weighted by molar-refractivity contribution is 5.49. The number of nitrogens with zero attached hydrogens (tertiary/aromatic N) is 3. The van der Waals surface area contributed by atoms with Gasteiger partial charge in [0.05, 0.1) is 6.61 Å². The van der Waals surface area contributed by atoms with Crippen LogP contribution in [0.15, 0.2) is 12.4 Å². The van der Waals surface area contributed by atoms with Crippen molar-refractivity contribution in [1.82, 2.24) is 9.97 Å². The van der Waals surface area contributed by atoms with Crippen molar-refractivity contribution in [3.63, 3.8) is 0 Å². The monoisotopic (exact) mass is 264 g/mol. The van der Waals surface area contributed by atoms with E-state index < -0.39 is 0 Å². The topological polar surface area (TPSA) is 61.3 Å². The first-order valence-electron chi connectivity index (χ1n) is 7.28. The van der Waals surface area contributed by atoms with Gasteiger partial charge in [-0.2, -0.15) is 0 Å². The average Bonchev–Trinajstić information content (AvgIpc) is 2.46. The average molecular weight is 264 g/mol. The Hall–Kier alpha value is -1.36. The predicted octanol–water partition coefficient (Wildman–Crippen LogP) is 2.04. The molecule has 1 fully saturated rings. The van der Waals surface area contributed by atoms with Crippen LogP contribution in [0.2, 0.25) is 0 Å². The number of anilines is 2. The van der Waals surface area contributed by atoms with Gasteiger partial charge in [0.1, 0.15) is 18.0 Å². The second kappa shape index (κ2) is 7.28. The first kappa shape index (κ1) is 14.1. The number of hydrogen-bond acceptors (Lipinski definition) is 5. The molecule has 5 nitrogen and oxygen atoms in total. The zero-order chi connectivity index (χ0) is 13.5. The Morgan fingerprint density at radius 2 is 2.11 bits per heavy atom. The first-order valence-corrected chi connectivity index (χ1v) is 7.28. The Kier molecular flexibility index (Phi) is 5.39. The van der Waals surface area contributed by atoms with Gasteiger partial charge in [-0.1, -0.05) is 19.3 Å². The first-order chi connectivity index (χ1) is 9.35. The van der Waals surface area contributed by atoms with Gasteiger partial charge >= 0.3 is 0 Å². The lowest BCUT2D eigenvalue weighted by molar-refractivity contribution is 0.289. The van der Waals surface area contributed by atoms with Crippen LogP contribution in [-0.4, -0.2) is 40.8 Å². The Morgan fingerprint density at radius 3 is 2.79 bits per heavy atom. The molecule has 1 aromatic rings. The largest absolute Gasteiger partial charge is 0.395 e. The number of aromatic nitrogens is 2. The molecular weight excluding hydrogens is 240 g/mol. The highest BCUT2D eigenvalue weighted by Crippen LogP contribution is 2.26. The second-order valence-corrected chi connectivity index (χ2v) is 5.00. The van der Waals surface area contributed by atoms with Crippen LogP contribution in [0.25, 0.3) is 0 Å². The summed E-state index contributed by atoms with van der Waals surface area (Å²) >= 11 is 0. The fourth-order valence-electron chi connectivity index (χ4n) is 2.77.